The maximum absolute atomic E-state index is 12.5. The summed E-state index contributed by atoms with van der Waals surface area (Å²) >= 11 is 1.18. The van der Waals surface area contributed by atoms with Gasteiger partial charge in [-0.15, -0.1) is 11.7 Å². The number of amides is 1. The zero-order valence-electron chi connectivity index (χ0n) is 14.6. The van der Waals surface area contributed by atoms with Crippen LogP contribution in [-0.2, 0) is 0 Å². The second-order valence-electron chi connectivity index (χ2n) is 6.93. The number of nitrogens with zero attached hydrogens (tertiary/aromatic N) is 3. The van der Waals surface area contributed by atoms with Crippen LogP contribution in [0, 0.1) is 0 Å². The first-order chi connectivity index (χ1) is 12.7. The number of carbonyl (C=O) groups excluding carboxylic acids is 1. The van der Waals surface area contributed by atoms with Crippen molar-refractivity contribution in [2.75, 3.05) is 19.6 Å². The number of fused-ring (bicyclic) bond motifs is 1. The molecule has 1 aromatic carbocycles. The Balaban J connectivity index is 1.56. The van der Waals surface area contributed by atoms with Gasteiger partial charge >= 0.3 is 0 Å². The summed E-state index contributed by atoms with van der Waals surface area (Å²) < 4.78 is 10.2. The molecule has 1 saturated heterocycles. The fraction of sp³-hybridized carbons (Fsp3) is 0.421. The minimum atomic E-state index is -0.232. The molecule has 1 spiro atoms. The predicted molar refractivity (Wildman–Crippen MR) is 100 cm³/mol. The van der Waals surface area contributed by atoms with E-state index in [2.05, 4.69) is 26.4 Å². The van der Waals surface area contributed by atoms with E-state index in [0.717, 1.165) is 50.2 Å². The van der Waals surface area contributed by atoms with E-state index < -0.39 is 0 Å². The molecule has 26 heavy (non-hydrogen) atoms. The second-order valence-corrected chi connectivity index (χ2v) is 7.54. The molecule has 1 amide bonds. The molecule has 4 rings (SSSR count). The Kier molecular flexibility index (Phi) is 4.74. The zero-order chi connectivity index (χ0) is 18.0. The average molecular weight is 370 g/mol. The lowest BCUT2D eigenvalue weighted by Crippen LogP contribution is -2.52. The van der Waals surface area contributed by atoms with Crippen molar-refractivity contribution in [3.63, 3.8) is 0 Å². The van der Waals surface area contributed by atoms with Gasteiger partial charge < -0.3 is 10.1 Å². The number of benzene rings is 1. The molecule has 2 aromatic rings. The largest absolute Gasteiger partial charge is 0.487 e. The monoisotopic (exact) mass is 370 g/mol. The van der Waals surface area contributed by atoms with Gasteiger partial charge in [-0.2, -0.15) is 0 Å². The van der Waals surface area contributed by atoms with Crippen LogP contribution in [0.5, 0.6) is 5.75 Å². The van der Waals surface area contributed by atoms with Crippen LogP contribution in [0.4, 0.5) is 0 Å². The Morgan fingerprint density at radius 2 is 2.23 bits per heavy atom. The first-order valence-corrected chi connectivity index (χ1v) is 9.72. The summed E-state index contributed by atoms with van der Waals surface area (Å²) in [5.74, 6) is 0.692. The maximum Gasteiger partial charge on any atom is 0.273 e. The van der Waals surface area contributed by atoms with Gasteiger partial charge in [-0.1, -0.05) is 28.8 Å². The lowest BCUT2D eigenvalue weighted by atomic mass is 9.80. The molecule has 0 radical (unpaired) electrons. The van der Waals surface area contributed by atoms with Crippen molar-refractivity contribution in [1.29, 1.82) is 0 Å². The fourth-order valence-electron chi connectivity index (χ4n) is 3.87. The van der Waals surface area contributed by atoms with Crippen LogP contribution >= 0.6 is 11.5 Å². The molecule has 1 N–H and O–H groups in total. The van der Waals surface area contributed by atoms with Crippen LogP contribution < -0.4 is 10.1 Å². The number of ether oxygens (including phenoxy) is 1. The van der Waals surface area contributed by atoms with Gasteiger partial charge in [0.25, 0.3) is 5.91 Å². The lowest BCUT2D eigenvalue weighted by molar-refractivity contribution is -0.0223. The molecule has 3 heterocycles. The van der Waals surface area contributed by atoms with E-state index in [-0.39, 0.29) is 17.6 Å². The van der Waals surface area contributed by atoms with Gasteiger partial charge in [0.1, 0.15) is 11.4 Å². The van der Waals surface area contributed by atoms with Crippen LogP contribution in [0.3, 0.4) is 0 Å². The van der Waals surface area contributed by atoms with Crippen LogP contribution in [0.1, 0.15) is 41.4 Å². The van der Waals surface area contributed by atoms with E-state index in [1.165, 1.54) is 11.5 Å². The highest BCUT2D eigenvalue weighted by Gasteiger charge is 2.43. The van der Waals surface area contributed by atoms with Crippen LogP contribution in [-0.4, -0.2) is 45.6 Å². The van der Waals surface area contributed by atoms with Gasteiger partial charge in [0.15, 0.2) is 5.69 Å². The second kappa shape index (κ2) is 7.17. The lowest BCUT2D eigenvalue weighted by Gasteiger charge is -2.46. The summed E-state index contributed by atoms with van der Waals surface area (Å²) in [6, 6.07) is 7.90. The first kappa shape index (κ1) is 17.2. The molecule has 0 aliphatic carbocycles. The van der Waals surface area contributed by atoms with E-state index in [0.29, 0.717) is 5.69 Å². The van der Waals surface area contributed by atoms with E-state index in [9.17, 15) is 4.79 Å². The summed E-state index contributed by atoms with van der Waals surface area (Å²) in [4.78, 5) is 14.9. The minimum Gasteiger partial charge on any atom is -0.487 e. The average Bonchev–Trinajstić information content (AvgIpc) is 3.19. The fourth-order valence-corrected chi connectivity index (χ4v) is 4.31. The van der Waals surface area contributed by atoms with Crippen molar-refractivity contribution in [3.8, 4) is 5.75 Å². The molecule has 0 bridgehead atoms. The van der Waals surface area contributed by atoms with Gasteiger partial charge in [0.2, 0.25) is 0 Å². The molecule has 1 atom stereocenters. The molecule has 2 aliphatic rings. The molecule has 136 valence electrons. The number of hydrogen-bond donors (Lipinski definition) is 1. The molecular weight excluding hydrogens is 348 g/mol. The zero-order valence-corrected chi connectivity index (χ0v) is 15.4. The van der Waals surface area contributed by atoms with Gasteiger partial charge in [0.05, 0.1) is 6.04 Å². The smallest absolute Gasteiger partial charge is 0.273 e. The number of hydrogen-bond acceptors (Lipinski definition) is 6. The molecule has 1 unspecified atom stereocenters. The van der Waals surface area contributed by atoms with Crippen molar-refractivity contribution >= 4 is 17.4 Å². The van der Waals surface area contributed by atoms with E-state index in [1.807, 2.05) is 30.3 Å². The van der Waals surface area contributed by atoms with Crippen molar-refractivity contribution in [2.24, 2.45) is 0 Å². The van der Waals surface area contributed by atoms with Crippen LogP contribution in [0.25, 0.3) is 0 Å². The van der Waals surface area contributed by atoms with Crippen LogP contribution in [0.15, 0.2) is 42.3 Å². The summed E-state index contributed by atoms with van der Waals surface area (Å²) in [5.41, 5.74) is 1.17. The van der Waals surface area contributed by atoms with E-state index in [1.54, 1.807) is 5.38 Å². The van der Waals surface area contributed by atoms with Gasteiger partial charge in [-0.3, -0.25) is 9.69 Å². The number of para-hydroxylation sites is 1. The van der Waals surface area contributed by atoms with Crippen molar-refractivity contribution in [2.45, 2.75) is 30.9 Å². The molecule has 1 aromatic heterocycles. The Labute approximate surface area is 157 Å². The van der Waals surface area contributed by atoms with E-state index in [4.69, 9.17) is 4.74 Å². The van der Waals surface area contributed by atoms with Gasteiger partial charge in [-0.25, -0.2) is 0 Å². The quantitative estimate of drug-likeness (QED) is 0.839. The topological polar surface area (TPSA) is 67.4 Å². The molecule has 0 saturated carbocycles. The normalized spacial score (nSPS) is 21.6. The minimum absolute atomic E-state index is 0.0832. The molecule has 6 nitrogen and oxygen atoms in total. The van der Waals surface area contributed by atoms with Crippen molar-refractivity contribution in [1.82, 2.24) is 19.8 Å². The number of carbonyl (C=O) groups is 1. The third kappa shape index (κ3) is 3.37. The number of rotatable bonds is 4. The number of piperidine rings is 1. The SMILES string of the molecule is C=CCN1CCC2(CC1)CC(NC(=O)c1csnn1)c1ccccc1O2. The summed E-state index contributed by atoms with van der Waals surface area (Å²) in [6.07, 6.45) is 4.61. The van der Waals surface area contributed by atoms with Crippen molar-refractivity contribution < 1.29 is 9.53 Å². The van der Waals surface area contributed by atoms with Crippen LogP contribution in [0.2, 0.25) is 0 Å². The number of likely N-dealkylation sites (tertiary alicyclic amines) is 1. The predicted octanol–water partition coefficient (Wildman–Crippen LogP) is 2.81. The first-order valence-electron chi connectivity index (χ1n) is 8.88. The standard InChI is InChI=1S/C19H22N4O2S/c1-2-9-23-10-7-19(8-11-23)12-15(14-5-3-4-6-17(14)25-19)20-18(24)16-13-26-22-21-16/h2-6,13,15H,1,7-12H2,(H,20,24). The highest BCUT2D eigenvalue weighted by Crippen LogP contribution is 2.44. The van der Waals surface area contributed by atoms with E-state index >= 15 is 0 Å². The Morgan fingerprint density at radius 3 is 2.96 bits per heavy atom. The summed E-state index contributed by atoms with van der Waals surface area (Å²) in [7, 11) is 0. The molecule has 7 heteroatoms. The molecule has 1 fully saturated rings. The molecular formula is C19H22N4O2S. The highest BCUT2D eigenvalue weighted by molar-refractivity contribution is 7.03. The maximum atomic E-state index is 12.5. The third-order valence-electron chi connectivity index (χ3n) is 5.25. The number of aromatic nitrogens is 2. The third-order valence-corrected chi connectivity index (χ3v) is 5.75. The number of nitrogens with one attached hydrogen (secondary N) is 1. The Bertz CT molecular complexity index is 785. The van der Waals surface area contributed by atoms with Gasteiger partial charge in [-0.05, 0) is 30.4 Å². The Morgan fingerprint density at radius 1 is 1.42 bits per heavy atom. The molecule has 2 aliphatic heterocycles. The Hall–Kier alpha value is -2.25. The van der Waals surface area contributed by atoms with Gasteiger partial charge in [0, 0.05) is 37.0 Å². The summed E-state index contributed by atoms with van der Waals surface area (Å²) in [5, 5.41) is 8.69. The summed E-state index contributed by atoms with van der Waals surface area (Å²) in [6.45, 7) is 6.69. The van der Waals surface area contributed by atoms with Crippen molar-refractivity contribution in [3.05, 3.63) is 53.6 Å². The highest BCUT2D eigenvalue weighted by atomic mass is 32.1.